The molecule has 0 bridgehead atoms. The highest BCUT2D eigenvalue weighted by molar-refractivity contribution is 5.93. The summed E-state index contributed by atoms with van der Waals surface area (Å²) in [5.41, 5.74) is 1.91. The van der Waals surface area contributed by atoms with Crippen LogP contribution in [0.3, 0.4) is 0 Å². The molecule has 0 fully saturated rings. The first kappa shape index (κ1) is 19.1. The average Bonchev–Trinajstić information content (AvgIpc) is 3.35. The molecule has 4 rings (SSSR count). The van der Waals surface area contributed by atoms with Crippen LogP contribution in [-0.4, -0.2) is 21.9 Å². The van der Waals surface area contributed by atoms with Crippen LogP contribution in [0.15, 0.2) is 53.1 Å². The number of benzene rings is 1. The standard InChI is InChI=1S/C20H19F3N4O2/c1-12-4-6-13(7-5-12)11-24-19(28)15-10-18-25-14(16-3-2-8-29-16)9-17(20(21,22)23)27(18)26-15/h2-8,10,14,17,25H,9,11H2,1H3,(H,24,28)/t14-,17-/m0/s1. The van der Waals surface area contributed by atoms with Gasteiger partial charge in [-0.25, -0.2) is 4.68 Å². The number of nitrogens with zero attached hydrogens (tertiary/aromatic N) is 2. The van der Waals surface area contributed by atoms with Crippen molar-refractivity contribution in [2.45, 2.75) is 38.1 Å². The van der Waals surface area contributed by atoms with Crippen LogP contribution in [0.25, 0.3) is 0 Å². The zero-order valence-electron chi connectivity index (χ0n) is 15.5. The number of hydrogen-bond acceptors (Lipinski definition) is 4. The van der Waals surface area contributed by atoms with E-state index in [0.717, 1.165) is 15.8 Å². The van der Waals surface area contributed by atoms with Crippen molar-refractivity contribution < 1.29 is 22.4 Å². The quantitative estimate of drug-likeness (QED) is 0.677. The van der Waals surface area contributed by atoms with Crippen LogP contribution in [0.5, 0.6) is 0 Å². The monoisotopic (exact) mass is 404 g/mol. The lowest BCUT2D eigenvalue weighted by Gasteiger charge is -2.32. The zero-order valence-corrected chi connectivity index (χ0v) is 15.5. The number of fused-ring (bicyclic) bond motifs is 1. The van der Waals surface area contributed by atoms with Crippen LogP contribution < -0.4 is 10.6 Å². The minimum atomic E-state index is -4.51. The van der Waals surface area contributed by atoms with Gasteiger partial charge in [-0.1, -0.05) is 29.8 Å². The van der Waals surface area contributed by atoms with Crippen molar-refractivity contribution in [2.75, 3.05) is 5.32 Å². The Morgan fingerprint density at radius 3 is 2.72 bits per heavy atom. The van der Waals surface area contributed by atoms with Gasteiger partial charge in [0, 0.05) is 19.0 Å². The molecule has 1 aliphatic heterocycles. The van der Waals surface area contributed by atoms with Crippen molar-refractivity contribution >= 4 is 11.7 Å². The van der Waals surface area contributed by atoms with Crippen molar-refractivity contribution in [3.8, 4) is 0 Å². The van der Waals surface area contributed by atoms with Gasteiger partial charge in [-0.15, -0.1) is 0 Å². The van der Waals surface area contributed by atoms with Gasteiger partial charge in [0.1, 0.15) is 11.6 Å². The second-order valence-corrected chi connectivity index (χ2v) is 7.03. The number of alkyl halides is 3. The van der Waals surface area contributed by atoms with Crippen LogP contribution in [0, 0.1) is 6.92 Å². The molecule has 3 aromatic rings. The molecular weight excluding hydrogens is 385 g/mol. The Hall–Kier alpha value is -3.23. The third kappa shape index (κ3) is 3.98. The van der Waals surface area contributed by atoms with Gasteiger partial charge in [-0.3, -0.25) is 4.79 Å². The average molecular weight is 404 g/mol. The van der Waals surface area contributed by atoms with E-state index < -0.39 is 24.2 Å². The molecule has 1 aliphatic rings. The fourth-order valence-corrected chi connectivity index (χ4v) is 3.34. The molecule has 152 valence electrons. The van der Waals surface area contributed by atoms with Gasteiger partial charge in [0.25, 0.3) is 5.91 Å². The van der Waals surface area contributed by atoms with Crippen LogP contribution in [-0.2, 0) is 6.54 Å². The lowest BCUT2D eigenvalue weighted by molar-refractivity contribution is -0.174. The van der Waals surface area contributed by atoms with E-state index in [1.165, 1.54) is 12.3 Å². The summed E-state index contributed by atoms with van der Waals surface area (Å²) in [5.74, 6) is -0.0118. The van der Waals surface area contributed by atoms with E-state index in [-0.39, 0.29) is 24.5 Å². The van der Waals surface area contributed by atoms with Crippen LogP contribution in [0.2, 0.25) is 0 Å². The van der Waals surface area contributed by atoms with E-state index in [1.807, 2.05) is 31.2 Å². The number of carbonyl (C=O) groups is 1. The highest BCUT2D eigenvalue weighted by atomic mass is 19.4. The Labute approximate surface area is 164 Å². The van der Waals surface area contributed by atoms with Gasteiger partial charge in [0.15, 0.2) is 11.7 Å². The second-order valence-electron chi connectivity index (χ2n) is 7.03. The number of aromatic nitrogens is 2. The van der Waals surface area contributed by atoms with Gasteiger partial charge in [0.05, 0.1) is 12.3 Å². The van der Waals surface area contributed by atoms with Crippen LogP contribution in [0.1, 0.15) is 45.9 Å². The van der Waals surface area contributed by atoms with Gasteiger partial charge in [-0.2, -0.15) is 18.3 Å². The van der Waals surface area contributed by atoms with E-state index in [0.29, 0.717) is 5.76 Å². The minimum absolute atomic E-state index is 0.0750. The topological polar surface area (TPSA) is 72.1 Å². The molecule has 2 atom stereocenters. The summed E-state index contributed by atoms with van der Waals surface area (Å²) in [6.07, 6.45) is -3.38. The first-order chi connectivity index (χ1) is 13.8. The number of hydrogen-bond donors (Lipinski definition) is 2. The number of carbonyl (C=O) groups excluding carboxylic acids is 1. The maximum Gasteiger partial charge on any atom is 0.410 e. The normalized spacial score (nSPS) is 18.8. The molecule has 0 saturated carbocycles. The molecule has 0 saturated heterocycles. The van der Waals surface area contributed by atoms with Crippen molar-refractivity contribution in [3.63, 3.8) is 0 Å². The van der Waals surface area contributed by atoms with Crippen molar-refractivity contribution in [1.82, 2.24) is 15.1 Å². The summed E-state index contributed by atoms with van der Waals surface area (Å²) in [6.45, 7) is 2.21. The fraction of sp³-hybridized carbons (Fsp3) is 0.300. The minimum Gasteiger partial charge on any atom is -0.467 e. The Bertz CT molecular complexity index is 994. The van der Waals surface area contributed by atoms with Crippen molar-refractivity contribution in [2.24, 2.45) is 0 Å². The number of amides is 1. The predicted molar refractivity (Wildman–Crippen MR) is 99.4 cm³/mol. The molecule has 2 aromatic heterocycles. The lowest BCUT2D eigenvalue weighted by Crippen LogP contribution is -2.35. The number of rotatable bonds is 4. The second kappa shape index (κ2) is 7.31. The SMILES string of the molecule is Cc1ccc(CNC(=O)c2cc3n(n2)[C@H](C(F)(F)F)C[C@@H](c2ccco2)N3)cc1. The summed E-state index contributed by atoms with van der Waals surface area (Å²) < 4.78 is 47.0. The van der Waals surface area contributed by atoms with E-state index >= 15 is 0 Å². The number of nitrogens with one attached hydrogen (secondary N) is 2. The largest absolute Gasteiger partial charge is 0.467 e. The van der Waals surface area contributed by atoms with Crippen molar-refractivity contribution in [1.29, 1.82) is 0 Å². The zero-order chi connectivity index (χ0) is 20.6. The summed E-state index contributed by atoms with van der Waals surface area (Å²) in [5, 5.41) is 9.61. The first-order valence-corrected chi connectivity index (χ1v) is 9.11. The smallest absolute Gasteiger partial charge is 0.410 e. The van der Waals surface area contributed by atoms with Gasteiger partial charge >= 0.3 is 6.18 Å². The van der Waals surface area contributed by atoms with Crippen LogP contribution >= 0.6 is 0 Å². The molecule has 29 heavy (non-hydrogen) atoms. The third-order valence-electron chi connectivity index (χ3n) is 4.88. The molecule has 3 heterocycles. The Morgan fingerprint density at radius 1 is 1.31 bits per heavy atom. The highest BCUT2D eigenvalue weighted by Crippen LogP contribution is 2.43. The fourth-order valence-electron chi connectivity index (χ4n) is 3.34. The molecule has 0 radical (unpaired) electrons. The summed E-state index contributed by atoms with van der Waals surface area (Å²) in [7, 11) is 0. The Kier molecular flexibility index (Phi) is 4.81. The molecule has 1 aromatic carbocycles. The molecular formula is C20H19F3N4O2. The number of anilines is 1. The van der Waals surface area contributed by atoms with E-state index in [1.54, 1.807) is 12.1 Å². The van der Waals surface area contributed by atoms with E-state index in [2.05, 4.69) is 15.7 Å². The summed E-state index contributed by atoms with van der Waals surface area (Å²) in [6, 6.07) is 9.65. The first-order valence-electron chi connectivity index (χ1n) is 9.11. The summed E-state index contributed by atoms with van der Waals surface area (Å²) >= 11 is 0. The van der Waals surface area contributed by atoms with Crippen molar-refractivity contribution in [3.05, 3.63) is 71.3 Å². The molecule has 1 amide bonds. The highest BCUT2D eigenvalue weighted by Gasteiger charge is 2.47. The number of halogens is 3. The molecule has 0 aliphatic carbocycles. The predicted octanol–water partition coefficient (Wildman–Crippen LogP) is 4.37. The van der Waals surface area contributed by atoms with E-state index in [9.17, 15) is 18.0 Å². The Morgan fingerprint density at radius 2 is 2.07 bits per heavy atom. The molecule has 6 nitrogen and oxygen atoms in total. The molecule has 9 heteroatoms. The number of aryl methyl sites for hydroxylation is 1. The molecule has 0 spiro atoms. The third-order valence-corrected chi connectivity index (χ3v) is 4.88. The lowest BCUT2D eigenvalue weighted by atomic mass is 10.0. The van der Waals surface area contributed by atoms with Gasteiger partial charge in [0.2, 0.25) is 0 Å². The van der Waals surface area contributed by atoms with Gasteiger partial charge in [-0.05, 0) is 24.6 Å². The maximum atomic E-state index is 13.6. The number of furan rings is 1. The molecule has 0 unspecified atom stereocenters. The molecule has 2 N–H and O–H groups in total. The van der Waals surface area contributed by atoms with Gasteiger partial charge < -0.3 is 15.1 Å². The van der Waals surface area contributed by atoms with E-state index in [4.69, 9.17) is 4.42 Å². The maximum absolute atomic E-state index is 13.6. The van der Waals surface area contributed by atoms with Crippen LogP contribution in [0.4, 0.5) is 19.0 Å². The Balaban J connectivity index is 1.55. The summed E-state index contributed by atoms with van der Waals surface area (Å²) in [4.78, 5) is 12.5.